The molecule has 0 spiro atoms. The number of halogens is 1. The molecule has 1 aliphatic rings. The second-order valence-electron chi connectivity index (χ2n) is 4.75. The van der Waals surface area contributed by atoms with E-state index in [1.54, 1.807) is 11.8 Å². The van der Waals surface area contributed by atoms with Gasteiger partial charge in [-0.2, -0.15) is 0 Å². The Morgan fingerprint density at radius 2 is 2.25 bits per heavy atom. The van der Waals surface area contributed by atoms with Crippen LogP contribution in [0.25, 0.3) is 11.4 Å². The van der Waals surface area contributed by atoms with Gasteiger partial charge >= 0.3 is 0 Å². The van der Waals surface area contributed by atoms with Crippen molar-refractivity contribution in [1.29, 1.82) is 0 Å². The van der Waals surface area contributed by atoms with Gasteiger partial charge in [-0.15, -0.1) is 5.10 Å². The summed E-state index contributed by atoms with van der Waals surface area (Å²) in [4.78, 5) is 4.54. The minimum atomic E-state index is 0.346. The molecule has 1 aromatic heterocycles. The van der Waals surface area contributed by atoms with E-state index in [0.29, 0.717) is 6.10 Å². The van der Waals surface area contributed by atoms with Gasteiger partial charge in [-0.1, -0.05) is 45.9 Å². The van der Waals surface area contributed by atoms with Crippen LogP contribution in [-0.4, -0.2) is 33.6 Å². The Bertz CT molecular complexity index is 569. The lowest BCUT2D eigenvalue weighted by Gasteiger charge is -2.21. The number of nitrogens with zero attached hydrogens (tertiary/aromatic N) is 2. The van der Waals surface area contributed by atoms with Gasteiger partial charge in [0.1, 0.15) is 0 Å². The van der Waals surface area contributed by atoms with Crippen LogP contribution in [0.2, 0.25) is 0 Å². The zero-order valence-corrected chi connectivity index (χ0v) is 13.4. The highest BCUT2D eigenvalue weighted by Gasteiger charge is 2.16. The molecular formula is C14H16BrN3OS. The normalized spacial score (nSPS) is 19.1. The van der Waals surface area contributed by atoms with E-state index in [1.165, 1.54) is 12.8 Å². The fraction of sp³-hybridized carbons (Fsp3) is 0.429. The van der Waals surface area contributed by atoms with Crippen LogP contribution in [0.15, 0.2) is 33.9 Å². The third kappa shape index (κ3) is 3.42. The standard InChI is InChI=1S/C14H16BrN3OS/c15-12-7-2-1-6-11(12)13-16-14(18-17-13)20-9-10-5-3-4-8-19-10/h1-2,6-7,10H,3-5,8-9H2,(H,16,17,18)/t10-/m0/s1. The summed E-state index contributed by atoms with van der Waals surface area (Å²) < 4.78 is 6.73. The highest BCUT2D eigenvalue weighted by Crippen LogP contribution is 2.27. The molecule has 0 aliphatic carbocycles. The number of hydrogen-bond acceptors (Lipinski definition) is 4. The van der Waals surface area contributed by atoms with E-state index in [-0.39, 0.29) is 0 Å². The molecule has 4 nitrogen and oxygen atoms in total. The molecule has 1 aromatic carbocycles. The van der Waals surface area contributed by atoms with Crippen LogP contribution in [0.4, 0.5) is 0 Å². The molecule has 20 heavy (non-hydrogen) atoms. The molecule has 1 N–H and O–H groups in total. The van der Waals surface area contributed by atoms with E-state index in [4.69, 9.17) is 4.74 Å². The highest BCUT2D eigenvalue weighted by molar-refractivity contribution is 9.10. The van der Waals surface area contributed by atoms with Gasteiger partial charge in [-0.3, -0.25) is 5.10 Å². The molecule has 106 valence electrons. The van der Waals surface area contributed by atoms with Crippen LogP contribution in [0.1, 0.15) is 19.3 Å². The molecule has 3 rings (SSSR count). The molecule has 1 saturated heterocycles. The van der Waals surface area contributed by atoms with Gasteiger partial charge in [0, 0.05) is 22.4 Å². The minimum absolute atomic E-state index is 0.346. The summed E-state index contributed by atoms with van der Waals surface area (Å²) in [6.07, 6.45) is 3.95. The predicted octanol–water partition coefficient (Wildman–Crippen LogP) is 3.90. The Labute approximate surface area is 130 Å². The van der Waals surface area contributed by atoms with E-state index in [2.05, 4.69) is 31.1 Å². The Hall–Kier alpha value is -0.850. The number of aromatic amines is 1. The number of rotatable bonds is 4. The third-order valence-electron chi connectivity index (χ3n) is 3.27. The Kier molecular flexibility index (Phi) is 4.75. The molecule has 0 radical (unpaired) electrons. The van der Waals surface area contributed by atoms with Gasteiger partial charge < -0.3 is 4.74 Å². The van der Waals surface area contributed by atoms with Gasteiger partial charge in [0.05, 0.1) is 6.10 Å². The van der Waals surface area contributed by atoms with Crippen molar-refractivity contribution in [2.24, 2.45) is 0 Å². The number of H-pyrrole nitrogens is 1. The first-order valence-corrected chi connectivity index (χ1v) is 8.52. The van der Waals surface area contributed by atoms with Gasteiger partial charge in [0.15, 0.2) is 5.82 Å². The summed E-state index contributed by atoms with van der Waals surface area (Å²) in [6, 6.07) is 8.00. The van der Waals surface area contributed by atoms with Gasteiger partial charge in [0.2, 0.25) is 5.16 Å². The number of ether oxygens (including phenoxy) is 1. The van der Waals surface area contributed by atoms with Crippen LogP contribution in [-0.2, 0) is 4.74 Å². The van der Waals surface area contributed by atoms with E-state index < -0.39 is 0 Å². The Balaban J connectivity index is 1.63. The predicted molar refractivity (Wildman–Crippen MR) is 83.8 cm³/mol. The highest BCUT2D eigenvalue weighted by atomic mass is 79.9. The van der Waals surface area contributed by atoms with Crippen LogP contribution < -0.4 is 0 Å². The average molecular weight is 354 g/mol. The molecule has 6 heteroatoms. The second kappa shape index (κ2) is 6.74. The number of aromatic nitrogens is 3. The Morgan fingerprint density at radius 1 is 1.35 bits per heavy atom. The van der Waals surface area contributed by atoms with Gasteiger partial charge in [-0.05, 0) is 25.3 Å². The molecule has 0 saturated carbocycles. The number of benzene rings is 1. The molecule has 0 amide bonds. The fourth-order valence-corrected chi connectivity index (χ4v) is 3.53. The number of thioether (sulfide) groups is 1. The van der Waals surface area contributed by atoms with Crippen LogP contribution in [0.3, 0.4) is 0 Å². The number of hydrogen-bond donors (Lipinski definition) is 1. The summed E-state index contributed by atoms with van der Waals surface area (Å²) in [5.41, 5.74) is 1.03. The van der Waals surface area contributed by atoms with Crippen molar-refractivity contribution in [3.8, 4) is 11.4 Å². The van der Waals surface area contributed by atoms with E-state index in [1.807, 2.05) is 24.3 Å². The van der Waals surface area contributed by atoms with Crippen molar-refractivity contribution in [1.82, 2.24) is 15.2 Å². The van der Waals surface area contributed by atoms with E-state index >= 15 is 0 Å². The van der Waals surface area contributed by atoms with Crippen molar-refractivity contribution >= 4 is 27.7 Å². The molecule has 1 atom stereocenters. The lowest BCUT2D eigenvalue weighted by molar-refractivity contribution is 0.0315. The molecule has 0 unspecified atom stereocenters. The average Bonchev–Trinajstić information content (AvgIpc) is 2.95. The molecule has 1 aliphatic heterocycles. The van der Waals surface area contributed by atoms with Crippen molar-refractivity contribution < 1.29 is 4.74 Å². The lowest BCUT2D eigenvalue weighted by Crippen LogP contribution is -2.21. The lowest BCUT2D eigenvalue weighted by atomic mass is 10.1. The zero-order chi connectivity index (χ0) is 13.8. The fourth-order valence-electron chi connectivity index (χ4n) is 2.19. The summed E-state index contributed by atoms with van der Waals surface area (Å²) in [5, 5.41) is 8.05. The molecule has 2 aromatic rings. The van der Waals surface area contributed by atoms with Crippen LogP contribution in [0, 0.1) is 0 Å². The summed E-state index contributed by atoms with van der Waals surface area (Å²) in [6.45, 7) is 0.890. The Morgan fingerprint density at radius 3 is 3.05 bits per heavy atom. The maximum absolute atomic E-state index is 5.72. The monoisotopic (exact) mass is 353 g/mol. The third-order valence-corrected chi connectivity index (χ3v) is 4.94. The maximum Gasteiger partial charge on any atom is 0.208 e. The summed E-state index contributed by atoms with van der Waals surface area (Å²) >= 11 is 5.18. The molecular weight excluding hydrogens is 338 g/mol. The van der Waals surface area contributed by atoms with Crippen LogP contribution in [0.5, 0.6) is 0 Å². The maximum atomic E-state index is 5.72. The largest absolute Gasteiger partial charge is 0.377 e. The summed E-state index contributed by atoms with van der Waals surface area (Å²) in [7, 11) is 0. The quantitative estimate of drug-likeness (QED) is 0.847. The van der Waals surface area contributed by atoms with Crippen molar-refractivity contribution in [2.75, 3.05) is 12.4 Å². The second-order valence-corrected chi connectivity index (χ2v) is 6.59. The van der Waals surface area contributed by atoms with Gasteiger partial charge in [0.25, 0.3) is 0 Å². The first-order chi connectivity index (χ1) is 9.83. The first-order valence-electron chi connectivity index (χ1n) is 6.74. The smallest absolute Gasteiger partial charge is 0.208 e. The van der Waals surface area contributed by atoms with Crippen molar-refractivity contribution in [3.63, 3.8) is 0 Å². The van der Waals surface area contributed by atoms with Gasteiger partial charge in [-0.25, -0.2) is 4.98 Å². The van der Waals surface area contributed by atoms with E-state index in [9.17, 15) is 0 Å². The first kappa shape index (κ1) is 14.1. The number of nitrogens with one attached hydrogen (secondary N) is 1. The summed E-state index contributed by atoms with van der Waals surface area (Å²) in [5.74, 6) is 1.72. The molecule has 1 fully saturated rings. The topological polar surface area (TPSA) is 50.8 Å². The van der Waals surface area contributed by atoms with Crippen molar-refractivity contribution in [3.05, 3.63) is 28.7 Å². The SMILES string of the molecule is Brc1ccccc1-c1nc(SC[C@@H]2CCCCO2)n[nH]1. The van der Waals surface area contributed by atoms with Crippen LogP contribution >= 0.6 is 27.7 Å². The zero-order valence-electron chi connectivity index (χ0n) is 11.0. The molecule has 0 bridgehead atoms. The molecule has 2 heterocycles. The minimum Gasteiger partial charge on any atom is -0.377 e. The van der Waals surface area contributed by atoms with E-state index in [0.717, 1.165) is 39.8 Å². The van der Waals surface area contributed by atoms with Crippen molar-refractivity contribution in [2.45, 2.75) is 30.5 Å².